The zero-order chi connectivity index (χ0) is 23.4. The Morgan fingerprint density at radius 2 is 1.46 bits per heavy atom. The molecule has 0 aromatic heterocycles. The topological polar surface area (TPSA) is 29.5 Å². The van der Waals surface area contributed by atoms with Gasteiger partial charge >= 0.3 is 0 Å². The lowest BCUT2D eigenvalue weighted by Crippen LogP contribution is -2.26. The molecule has 2 unspecified atom stereocenters. The third kappa shape index (κ3) is 3.15. The molecular formula is C32H25NO2. The predicted molar refractivity (Wildman–Crippen MR) is 141 cm³/mol. The normalized spacial score (nSPS) is 19.1. The molecule has 3 aliphatic rings. The Kier molecular flexibility index (Phi) is 4.63. The number of carbonyl (C=O) groups is 1. The lowest BCUT2D eigenvalue weighted by Gasteiger charge is -2.27. The number of benzene rings is 4. The van der Waals surface area contributed by atoms with Crippen molar-refractivity contribution in [3.05, 3.63) is 113 Å². The lowest BCUT2D eigenvalue weighted by atomic mass is 9.94. The zero-order valence-electron chi connectivity index (χ0n) is 19.4. The Balaban J connectivity index is 1.31. The van der Waals surface area contributed by atoms with E-state index in [1.165, 1.54) is 63.9 Å². The van der Waals surface area contributed by atoms with Crippen molar-refractivity contribution in [2.24, 2.45) is 0 Å². The van der Waals surface area contributed by atoms with E-state index in [0.717, 1.165) is 5.69 Å². The molecule has 0 spiro atoms. The Morgan fingerprint density at radius 3 is 2.14 bits per heavy atom. The number of nitrogens with zero attached hydrogens (tertiary/aromatic N) is 1. The maximum Gasteiger partial charge on any atom is 0.298 e. The molecule has 0 bridgehead atoms. The zero-order valence-corrected chi connectivity index (χ0v) is 19.4. The van der Waals surface area contributed by atoms with E-state index >= 15 is 0 Å². The van der Waals surface area contributed by atoms with Gasteiger partial charge in [-0.25, -0.2) is 0 Å². The second-order valence-corrected chi connectivity index (χ2v) is 9.65. The summed E-state index contributed by atoms with van der Waals surface area (Å²) in [6.07, 6.45) is 6.04. The van der Waals surface area contributed by atoms with Crippen LogP contribution in [0, 0.1) is 0 Å². The predicted octanol–water partition coefficient (Wildman–Crippen LogP) is 7.58. The number of anilines is 2. The molecule has 3 heteroatoms. The summed E-state index contributed by atoms with van der Waals surface area (Å²) in [7, 11) is 0. The average molecular weight is 456 g/mol. The fourth-order valence-corrected chi connectivity index (χ4v) is 6.41. The number of rotatable bonds is 4. The molecule has 2 atom stereocenters. The molecule has 7 rings (SSSR count). The van der Waals surface area contributed by atoms with Crippen LogP contribution in [0.15, 0.2) is 91.0 Å². The summed E-state index contributed by atoms with van der Waals surface area (Å²) in [6, 6.07) is 32.8. The fraction of sp³-hybridized carbons (Fsp3) is 0.156. The van der Waals surface area contributed by atoms with Gasteiger partial charge in [0.2, 0.25) is 0 Å². The molecular weight excluding hydrogens is 430 g/mol. The van der Waals surface area contributed by atoms with Crippen molar-refractivity contribution in [2.45, 2.75) is 31.2 Å². The van der Waals surface area contributed by atoms with Gasteiger partial charge < -0.3 is 9.64 Å². The van der Waals surface area contributed by atoms with Crippen molar-refractivity contribution in [2.75, 3.05) is 4.90 Å². The van der Waals surface area contributed by atoms with E-state index in [2.05, 4.69) is 89.8 Å². The summed E-state index contributed by atoms with van der Waals surface area (Å²) in [5, 5.41) is 0. The standard InChI is InChI=1S/C32H25NO2/c34-20-35-23-15-13-22(14-16-23)33-31-11-5-10-28(31)30-19-21(12-17-32(30)33)18-29-26-8-3-1-6-24(26)25-7-2-4-9-27(25)29/h1-4,6-9,12-20,28,31H,5,10-11H2. The van der Waals surface area contributed by atoms with E-state index in [0.29, 0.717) is 24.2 Å². The quantitative estimate of drug-likeness (QED) is 0.262. The van der Waals surface area contributed by atoms with Crippen LogP contribution in [-0.4, -0.2) is 12.5 Å². The highest BCUT2D eigenvalue weighted by atomic mass is 16.5. The third-order valence-electron chi connectivity index (χ3n) is 7.86. The van der Waals surface area contributed by atoms with Gasteiger partial charge in [0.25, 0.3) is 6.47 Å². The van der Waals surface area contributed by atoms with Crippen LogP contribution in [0.3, 0.4) is 0 Å². The van der Waals surface area contributed by atoms with E-state index in [1.807, 2.05) is 12.1 Å². The van der Waals surface area contributed by atoms with Crippen molar-refractivity contribution in [3.8, 4) is 16.9 Å². The van der Waals surface area contributed by atoms with Crippen molar-refractivity contribution < 1.29 is 9.53 Å². The molecule has 0 amide bonds. The van der Waals surface area contributed by atoms with E-state index in [-0.39, 0.29) is 0 Å². The van der Waals surface area contributed by atoms with Crippen molar-refractivity contribution in [3.63, 3.8) is 0 Å². The Hall–Kier alpha value is -4.11. The highest BCUT2D eigenvalue weighted by molar-refractivity contribution is 6.06. The van der Waals surface area contributed by atoms with Crippen LogP contribution < -0.4 is 9.64 Å². The maximum atomic E-state index is 10.7. The van der Waals surface area contributed by atoms with Crippen LogP contribution in [-0.2, 0) is 4.79 Å². The summed E-state index contributed by atoms with van der Waals surface area (Å²) >= 11 is 0. The summed E-state index contributed by atoms with van der Waals surface area (Å²) in [6.45, 7) is 0.477. The van der Waals surface area contributed by atoms with E-state index in [9.17, 15) is 4.79 Å². The molecule has 170 valence electrons. The molecule has 1 fully saturated rings. The first kappa shape index (κ1) is 20.3. The summed E-state index contributed by atoms with van der Waals surface area (Å²) in [4.78, 5) is 13.2. The van der Waals surface area contributed by atoms with Gasteiger partial charge in [0.1, 0.15) is 5.75 Å². The minimum absolute atomic E-state index is 0.477. The number of carbonyl (C=O) groups excluding carboxylic acids is 1. The van der Waals surface area contributed by atoms with Gasteiger partial charge in [-0.1, -0.05) is 61.0 Å². The maximum absolute atomic E-state index is 10.7. The highest BCUT2D eigenvalue weighted by Crippen LogP contribution is 2.53. The van der Waals surface area contributed by atoms with E-state index in [1.54, 1.807) is 0 Å². The molecule has 3 nitrogen and oxygen atoms in total. The van der Waals surface area contributed by atoms with Crippen molar-refractivity contribution in [1.82, 2.24) is 0 Å². The summed E-state index contributed by atoms with van der Waals surface area (Å²) in [5.74, 6) is 1.13. The Labute approximate surface area is 205 Å². The van der Waals surface area contributed by atoms with E-state index < -0.39 is 0 Å². The molecule has 2 aliphatic carbocycles. The fourth-order valence-electron chi connectivity index (χ4n) is 6.41. The van der Waals surface area contributed by atoms with Crippen molar-refractivity contribution >= 4 is 29.5 Å². The summed E-state index contributed by atoms with van der Waals surface area (Å²) < 4.78 is 5.00. The summed E-state index contributed by atoms with van der Waals surface area (Å²) in [5.41, 5.74) is 11.7. The van der Waals surface area contributed by atoms with Crippen LogP contribution in [0.1, 0.15) is 47.4 Å². The van der Waals surface area contributed by atoms with Crippen LogP contribution >= 0.6 is 0 Å². The molecule has 4 aromatic rings. The lowest BCUT2D eigenvalue weighted by molar-refractivity contribution is -0.120. The first-order valence-corrected chi connectivity index (χ1v) is 12.4. The van der Waals surface area contributed by atoms with Gasteiger partial charge in [0.05, 0.1) is 0 Å². The van der Waals surface area contributed by atoms with Gasteiger partial charge in [0.15, 0.2) is 0 Å². The molecule has 35 heavy (non-hydrogen) atoms. The Bertz CT molecular complexity index is 1440. The molecule has 0 N–H and O–H groups in total. The van der Waals surface area contributed by atoms with Crippen molar-refractivity contribution in [1.29, 1.82) is 0 Å². The average Bonchev–Trinajstić information content (AvgIpc) is 3.57. The molecule has 0 radical (unpaired) electrons. The van der Waals surface area contributed by atoms with Gasteiger partial charge in [-0.2, -0.15) is 0 Å². The molecule has 1 saturated carbocycles. The number of hydrogen-bond donors (Lipinski definition) is 0. The number of hydrogen-bond acceptors (Lipinski definition) is 3. The SMILES string of the molecule is O=COc1ccc(N2c3ccc(C=C4c5ccccc5-c5ccccc54)cc3C3CCCC32)cc1. The molecule has 1 aliphatic heterocycles. The molecule has 1 heterocycles. The van der Waals surface area contributed by atoms with Gasteiger partial charge in [-0.15, -0.1) is 0 Å². The second kappa shape index (κ2) is 7.99. The first-order chi connectivity index (χ1) is 17.3. The minimum Gasteiger partial charge on any atom is -0.429 e. The van der Waals surface area contributed by atoms with Gasteiger partial charge in [0, 0.05) is 23.3 Å². The van der Waals surface area contributed by atoms with Crippen LogP contribution in [0.2, 0.25) is 0 Å². The highest BCUT2D eigenvalue weighted by Gasteiger charge is 2.42. The smallest absolute Gasteiger partial charge is 0.298 e. The number of ether oxygens (including phenoxy) is 1. The minimum atomic E-state index is 0.477. The third-order valence-corrected chi connectivity index (χ3v) is 7.86. The van der Waals surface area contributed by atoms with Crippen LogP contribution in [0.25, 0.3) is 22.8 Å². The first-order valence-electron chi connectivity index (χ1n) is 12.4. The number of fused-ring (bicyclic) bond motifs is 6. The molecule has 4 aromatic carbocycles. The monoisotopic (exact) mass is 455 g/mol. The second-order valence-electron chi connectivity index (χ2n) is 9.65. The Morgan fingerprint density at radius 1 is 0.771 bits per heavy atom. The molecule has 0 saturated heterocycles. The van der Waals surface area contributed by atoms with E-state index in [4.69, 9.17) is 4.74 Å². The largest absolute Gasteiger partial charge is 0.429 e. The van der Waals surface area contributed by atoms with Gasteiger partial charge in [-0.05, 0) is 94.3 Å². The van der Waals surface area contributed by atoms with Crippen LogP contribution in [0.4, 0.5) is 11.4 Å². The van der Waals surface area contributed by atoms with Gasteiger partial charge in [-0.3, -0.25) is 4.79 Å². The van der Waals surface area contributed by atoms with Crippen LogP contribution in [0.5, 0.6) is 5.75 Å².